The topological polar surface area (TPSA) is 63.2 Å². The first-order chi connectivity index (χ1) is 12.3. The first-order valence-electron chi connectivity index (χ1n) is 9.19. The second-order valence-corrected chi connectivity index (χ2v) is 6.76. The van der Waals surface area contributed by atoms with Crippen molar-refractivity contribution in [1.82, 2.24) is 19.9 Å². The van der Waals surface area contributed by atoms with Gasteiger partial charge in [-0.1, -0.05) is 6.92 Å². The minimum absolute atomic E-state index is 0.221. The Labute approximate surface area is 148 Å². The van der Waals surface area contributed by atoms with Crippen molar-refractivity contribution in [2.24, 2.45) is 0 Å². The van der Waals surface area contributed by atoms with Crippen molar-refractivity contribution in [3.63, 3.8) is 0 Å². The second kappa shape index (κ2) is 7.45. The average molecular weight is 339 g/mol. The molecule has 0 spiro atoms. The fourth-order valence-corrected chi connectivity index (χ4v) is 3.25. The minimum Gasteiger partial charge on any atom is -0.374 e. The summed E-state index contributed by atoms with van der Waals surface area (Å²) in [5.74, 6) is 1.61. The summed E-state index contributed by atoms with van der Waals surface area (Å²) in [6.45, 7) is 5.80. The molecule has 25 heavy (non-hydrogen) atoms. The van der Waals surface area contributed by atoms with Crippen LogP contribution in [0.3, 0.4) is 0 Å². The summed E-state index contributed by atoms with van der Waals surface area (Å²) >= 11 is 0. The van der Waals surface area contributed by atoms with E-state index in [1.165, 1.54) is 12.8 Å². The summed E-state index contributed by atoms with van der Waals surface area (Å²) in [5, 5.41) is 3.46. The number of anilines is 1. The number of rotatable bonds is 6. The van der Waals surface area contributed by atoms with Gasteiger partial charge in [0.25, 0.3) is 0 Å². The highest BCUT2D eigenvalue weighted by atomic mass is 16.5. The van der Waals surface area contributed by atoms with Crippen molar-refractivity contribution >= 4 is 5.82 Å². The predicted molar refractivity (Wildman–Crippen MR) is 97.5 cm³/mol. The van der Waals surface area contributed by atoms with Crippen molar-refractivity contribution < 1.29 is 4.74 Å². The number of aryl methyl sites for hydroxylation is 1. The van der Waals surface area contributed by atoms with Crippen LogP contribution in [0.15, 0.2) is 30.6 Å². The Balaban J connectivity index is 1.44. The van der Waals surface area contributed by atoms with Crippen molar-refractivity contribution in [3.05, 3.63) is 36.3 Å². The molecule has 0 bridgehead atoms. The summed E-state index contributed by atoms with van der Waals surface area (Å²) in [5.41, 5.74) is 2.02. The molecular weight excluding hydrogens is 314 g/mol. The Morgan fingerprint density at radius 2 is 2.08 bits per heavy atom. The van der Waals surface area contributed by atoms with Gasteiger partial charge in [-0.05, 0) is 31.4 Å². The first kappa shape index (κ1) is 16.4. The third-order valence-corrected chi connectivity index (χ3v) is 4.82. The van der Waals surface area contributed by atoms with Gasteiger partial charge in [0.2, 0.25) is 0 Å². The van der Waals surface area contributed by atoms with Gasteiger partial charge in [0.15, 0.2) is 5.82 Å². The standard InChI is InChI=1S/C19H25N5O/c1-2-15-11-18(23-19(22-15)14-5-7-20-8-6-14)21-12-17-13-24(9-10-25-17)16-3-4-16/h5-8,11,16-17H,2-4,9-10,12-13H2,1H3,(H,21,22,23). The molecule has 2 aromatic heterocycles. The number of nitrogens with zero attached hydrogens (tertiary/aromatic N) is 4. The molecule has 6 nitrogen and oxygen atoms in total. The Bertz CT molecular complexity index is 704. The molecule has 1 aliphatic heterocycles. The van der Waals surface area contributed by atoms with E-state index in [0.717, 1.165) is 61.6 Å². The predicted octanol–water partition coefficient (Wildman–Crippen LogP) is 2.38. The molecule has 0 amide bonds. The normalized spacial score (nSPS) is 21.2. The van der Waals surface area contributed by atoms with Crippen LogP contribution in [-0.4, -0.2) is 58.2 Å². The lowest BCUT2D eigenvalue weighted by molar-refractivity contribution is -0.0241. The summed E-state index contributed by atoms with van der Waals surface area (Å²) in [4.78, 5) is 16.0. The fraction of sp³-hybridized carbons (Fsp3) is 0.526. The van der Waals surface area contributed by atoms with E-state index < -0.39 is 0 Å². The maximum atomic E-state index is 5.92. The highest BCUT2D eigenvalue weighted by molar-refractivity contribution is 5.56. The molecule has 4 rings (SSSR count). The van der Waals surface area contributed by atoms with Crippen LogP contribution in [0.1, 0.15) is 25.5 Å². The highest BCUT2D eigenvalue weighted by Crippen LogP contribution is 2.28. The molecule has 1 atom stereocenters. The molecule has 2 aromatic rings. The zero-order chi connectivity index (χ0) is 17.1. The van der Waals surface area contributed by atoms with Gasteiger partial charge in [-0.2, -0.15) is 0 Å². The lowest BCUT2D eigenvalue weighted by atomic mass is 10.2. The van der Waals surface area contributed by atoms with E-state index in [9.17, 15) is 0 Å². The molecule has 0 aromatic carbocycles. The van der Waals surface area contributed by atoms with Crippen LogP contribution in [0.4, 0.5) is 5.82 Å². The molecule has 2 aliphatic rings. The Hall–Kier alpha value is -2.05. The van der Waals surface area contributed by atoms with Crippen LogP contribution < -0.4 is 5.32 Å². The third-order valence-electron chi connectivity index (χ3n) is 4.82. The third kappa shape index (κ3) is 4.14. The summed E-state index contributed by atoms with van der Waals surface area (Å²) < 4.78 is 5.92. The molecular formula is C19H25N5O. The Morgan fingerprint density at radius 1 is 1.24 bits per heavy atom. The van der Waals surface area contributed by atoms with Gasteiger partial charge in [0.1, 0.15) is 5.82 Å². The van der Waals surface area contributed by atoms with Gasteiger partial charge in [-0.25, -0.2) is 9.97 Å². The van der Waals surface area contributed by atoms with E-state index in [0.29, 0.717) is 0 Å². The smallest absolute Gasteiger partial charge is 0.161 e. The van der Waals surface area contributed by atoms with Crippen LogP contribution in [0.2, 0.25) is 0 Å². The molecule has 1 N–H and O–H groups in total. The van der Waals surface area contributed by atoms with Gasteiger partial charge in [-0.3, -0.25) is 9.88 Å². The number of hydrogen-bond donors (Lipinski definition) is 1. The van der Waals surface area contributed by atoms with Crippen LogP contribution in [-0.2, 0) is 11.2 Å². The molecule has 2 fully saturated rings. The van der Waals surface area contributed by atoms with E-state index in [4.69, 9.17) is 4.74 Å². The minimum atomic E-state index is 0.221. The number of aromatic nitrogens is 3. The highest BCUT2D eigenvalue weighted by Gasteiger charge is 2.32. The monoisotopic (exact) mass is 339 g/mol. The lowest BCUT2D eigenvalue weighted by Crippen LogP contribution is -2.46. The molecule has 6 heteroatoms. The maximum absolute atomic E-state index is 5.92. The van der Waals surface area contributed by atoms with Crippen molar-refractivity contribution in [1.29, 1.82) is 0 Å². The van der Waals surface area contributed by atoms with Crippen molar-refractivity contribution in [3.8, 4) is 11.4 Å². The summed E-state index contributed by atoms with van der Waals surface area (Å²) in [6, 6.07) is 6.72. The molecule has 3 heterocycles. The Kier molecular flexibility index (Phi) is 4.90. The second-order valence-electron chi connectivity index (χ2n) is 6.76. The van der Waals surface area contributed by atoms with E-state index in [2.05, 4.69) is 32.1 Å². The van der Waals surface area contributed by atoms with Gasteiger partial charge < -0.3 is 10.1 Å². The molecule has 1 saturated carbocycles. The molecule has 0 radical (unpaired) electrons. The fourth-order valence-electron chi connectivity index (χ4n) is 3.25. The number of morpholine rings is 1. The zero-order valence-corrected chi connectivity index (χ0v) is 14.7. The van der Waals surface area contributed by atoms with E-state index in [-0.39, 0.29) is 6.10 Å². The van der Waals surface area contributed by atoms with Crippen LogP contribution >= 0.6 is 0 Å². The molecule has 1 aliphatic carbocycles. The maximum Gasteiger partial charge on any atom is 0.161 e. The van der Waals surface area contributed by atoms with Gasteiger partial charge in [0, 0.05) is 55.4 Å². The van der Waals surface area contributed by atoms with Crippen LogP contribution in [0, 0.1) is 0 Å². The average Bonchev–Trinajstić information content (AvgIpc) is 3.52. The van der Waals surface area contributed by atoms with Gasteiger partial charge in [0.05, 0.1) is 12.7 Å². The lowest BCUT2D eigenvalue weighted by Gasteiger charge is -2.33. The first-order valence-corrected chi connectivity index (χ1v) is 9.19. The van der Waals surface area contributed by atoms with Crippen molar-refractivity contribution in [2.45, 2.75) is 38.3 Å². The molecule has 132 valence electrons. The summed E-state index contributed by atoms with van der Waals surface area (Å²) in [7, 11) is 0. The zero-order valence-electron chi connectivity index (χ0n) is 14.7. The molecule has 1 unspecified atom stereocenters. The van der Waals surface area contributed by atoms with Crippen molar-refractivity contribution in [2.75, 3.05) is 31.6 Å². The summed E-state index contributed by atoms with van der Waals surface area (Å²) in [6.07, 6.45) is 7.34. The molecule has 1 saturated heterocycles. The number of pyridine rings is 1. The number of ether oxygens (including phenoxy) is 1. The van der Waals surface area contributed by atoms with Gasteiger partial charge in [-0.15, -0.1) is 0 Å². The van der Waals surface area contributed by atoms with Crippen LogP contribution in [0.5, 0.6) is 0 Å². The quantitative estimate of drug-likeness (QED) is 0.872. The van der Waals surface area contributed by atoms with Gasteiger partial charge >= 0.3 is 0 Å². The number of hydrogen-bond acceptors (Lipinski definition) is 6. The van der Waals surface area contributed by atoms with E-state index in [1.54, 1.807) is 12.4 Å². The van der Waals surface area contributed by atoms with Crippen LogP contribution in [0.25, 0.3) is 11.4 Å². The van der Waals surface area contributed by atoms with E-state index in [1.807, 2.05) is 18.2 Å². The SMILES string of the molecule is CCc1cc(NCC2CN(C3CC3)CCO2)nc(-c2ccncc2)n1. The number of nitrogens with one attached hydrogen (secondary N) is 1. The van der Waals surface area contributed by atoms with E-state index >= 15 is 0 Å². The largest absolute Gasteiger partial charge is 0.374 e. The Morgan fingerprint density at radius 3 is 2.84 bits per heavy atom.